The van der Waals surface area contributed by atoms with Crippen molar-refractivity contribution in [1.82, 2.24) is 55.6 Å². The van der Waals surface area contributed by atoms with Gasteiger partial charge in [-0.05, 0) is 115 Å². The number of likely N-dealkylation sites (N-methyl/N-ethyl adjacent to an activating group) is 1. The van der Waals surface area contributed by atoms with E-state index < -0.39 is 38.4 Å². The molecule has 6 aromatic rings. The number of fused-ring (bicyclic) bond motifs is 1. The SMILES string of the molecule is C=C(NC)C(=O)N[C@H](C(=O)N1CCC[C@H]1c1nc(C(=O)c2ccc(F)cc2)cs1)C1CCN(C(=O)c2cnc(N3CCC(COc4cc5ncnc(Nc6n[nH]c(C)c6C)c5cc4S(=O)(=O)C(C)(C)C)CC3)nc2)CC1. The van der Waals surface area contributed by atoms with Crippen molar-refractivity contribution in [3.63, 3.8) is 0 Å². The predicted molar refractivity (Wildman–Crippen MR) is 285 cm³/mol. The number of rotatable bonds is 16. The van der Waals surface area contributed by atoms with E-state index in [0.717, 1.165) is 24.1 Å². The fraction of sp³-hybridized carbons (Fsp3) is 0.434. The molecule has 3 aliphatic rings. The van der Waals surface area contributed by atoms with Crippen LogP contribution in [0, 0.1) is 31.5 Å². The molecule has 2 aromatic carbocycles. The highest BCUT2D eigenvalue weighted by Crippen LogP contribution is 2.39. The minimum Gasteiger partial charge on any atom is -0.492 e. The van der Waals surface area contributed by atoms with Crippen molar-refractivity contribution in [3.05, 3.63) is 112 Å². The molecule has 3 aliphatic heterocycles. The average Bonchev–Trinajstić information content (AvgIpc) is 4.21. The van der Waals surface area contributed by atoms with E-state index >= 15 is 0 Å². The standard InChI is InChI=1S/C53H62FN13O7S2/c1-30-31(2)63-64-46(30)62-47-38-23-43(76(72,73)53(4,5)6)42(24-39(38)58-29-59-47)74-27-33-14-19-66(20-15-33)52-56-25-36(26-57-52)50(70)65-21-16-34(17-22-65)44(61-48(69)32(3)55-7)51(71)67-18-8-9-41(67)49-60-40(28-75-49)45(68)35-10-12-37(54)13-11-35/h10-13,23-26,28-29,33-34,41,44,55H,3,8-9,14-22,27H2,1-2,4-7H3,(H,61,69)(H2,58,59,62,63,64)/t41-,44-/m0/s1. The maximum Gasteiger partial charge on any atom is 0.267 e. The summed E-state index contributed by atoms with van der Waals surface area (Å²) in [6.07, 6.45) is 8.13. The van der Waals surface area contributed by atoms with Crippen LogP contribution >= 0.6 is 11.3 Å². The van der Waals surface area contributed by atoms with Crippen LogP contribution in [0.2, 0.25) is 0 Å². The van der Waals surface area contributed by atoms with Gasteiger partial charge in [0.05, 0.1) is 34.2 Å². The normalized spacial score (nSPS) is 17.1. The fourth-order valence-corrected chi connectivity index (χ4v) is 12.0. The van der Waals surface area contributed by atoms with Crippen molar-refractivity contribution in [2.45, 2.75) is 94.9 Å². The highest BCUT2D eigenvalue weighted by Gasteiger charge is 2.42. The number of aryl methyl sites for hydroxylation is 1. The number of anilines is 3. The highest BCUT2D eigenvalue weighted by molar-refractivity contribution is 7.92. The van der Waals surface area contributed by atoms with Crippen LogP contribution in [-0.2, 0) is 19.4 Å². The Kier molecular flexibility index (Phi) is 15.5. The van der Waals surface area contributed by atoms with E-state index in [-0.39, 0.29) is 58.1 Å². The Labute approximate surface area is 444 Å². The molecule has 3 saturated heterocycles. The number of sulfone groups is 1. The number of hydrogen-bond acceptors (Lipinski definition) is 17. The highest BCUT2D eigenvalue weighted by atomic mass is 32.2. The number of carbonyl (C=O) groups is 4. The Morgan fingerprint density at radius 3 is 2.29 bits per heavy atom. The summed E-state index contributed by atoms with van der Waals surface area (Å²) in [4.78, 5) is 83.1. The Morgan fingerprint density at radius 2 is 1.63 bits per heavy atom. The van der Waals surface area contributed by atoms with Gasteiger partial charge >= 0.3 is 0 Å². The quantitative estimate of drug-likeness (QED) is 0.0586. The van der Waals surface area contributed by atoms with Gasteiger partial charge in [-0.25, -0.2) is 37.7 Å². The van der Waals surface area contributed by atoms with E-state index in [1.54, 1.807) is 55.1 Å². The Hall–Kier alpha value is -7.40. The number of halogens is 1. The molecule has 400 valence electrons. The summed E-state index contributed by atoms with van der Waals surface area (Å²) in [5.74, 6) is -0.301. The molecule has 2 atom stereocenters. The molecule has 0 saturated carbocycles. The first-order chi connectivity index (χ1) is 36.3. The van der Waals surface area contributed by atoms with Crippen molar-refractivity contribution in [2.75, 3.05) is 56.6 Å². The van der Waals surface area contributed by atoms with Gasteiger partial charge < -0.3 is 35.4 Å². The lowest BCUT2D eigenvalue weighted by atomic mass is 9.88. The van der Waals surface area contributed by atoms with E-state index in [1.807, 2.05) is 13.8 Å². The average molecular weight is 1080 g/mol. The molecule has 20 nitrogen and oxygen atoms in total. The van der Waals surface area contributed by atoms with Crippen molar-refractivity contribution in [3.8, 4) is 5.75 Å². The first-order valence-electron chi connectivity index (χ1n) is 25.4. The summed E-state index contributed by atoms with van der Waals surface area (Å²) in [5.41, 5.74) is 3.27. The molecule has 0 unspecified atom stereocenters. The smallest absolute Gasteiger partial charge is 0.267 e. The number of H-pyrrole nitrogens is 1. The minimum absolute atomic E-state index is 0.0564. The number of nitrogens with zero attached hydrogens (tertiary/aromatic N) is 9. The van der Waals surface area contributed by atoms with E-state index in [1.165, 1.54) is 54.3 Å². The topological polar surface area (TPSA) is 251 Å². The van der Waals surface area contributed by atoms with Gasteiger partial charge in [0.1, 0.15) is 45.4 Å². The molecule has 3 fully saturated rings. The number of amides is 3. The van der Waals surface area contributed by atoms with E-state index in [4.69, 9.17) is 4.74 Å². The van der Waals surface area contributed by atoms with Gasteiger partial charge in [0.25, 0.3) is 11.8 Å². The lowest BCUT2D eigenvalue weighted by Gasteiger charge is -2.38. The maximum absolute atomic E-state index is 14.6. The molecule has 23 heteroatoms. The van der Waals surface area contributed by atoms with Crippen LogP contribution in [0.5, 0.6) is 5.75 Å². The van der Waals surface area contributed by atoms with Crippen LogP contribution in [0.4, 0.5) is 22.0 Å². The molecule has 0 spiro atoms. The van der Waals surface area contributed by atoms with Crippen LogP contribution in [0.3, 0.4) is 0 Å². The summed E-state index contributed by atoms with van der Waals surface area (Å²) < 4.78 is 46.9. The van der Waals surface area contributed by atoms with E-state index in [0.29, 0.717) is 103 Å². The Balaban J connectivity index is 0.807. The van der Waals surface area contributed by atoms with Crippen LogP contribution in [0.1, 0.15) is 108 Å². The zero-order valence-corrected chi connectivity index (χ0v) is 45.0. The molecule has 76 heavy (non-hydrogen) atoms. The van der Waals surface area contributed by atoms with Crippen LogP contribution < -0.4 is 25.6 Å². The lowest BCUT2D eigenvalue weighted by molar-refractivity contribution is -0.138. The maximum atomic E-state index is 14.6. The number of likely N-dealkylation sites (tertiary alicyclic amines) is 2. The molecule has 0 radical (unpaired) electrons. The van der Waals surface area contributed by atoms with E-state index in [2.05, 4.69) is 62.5 Å². The number of piperidine rings is 2. The second kappa shape index (κ2) is 22.1. The number of aromatic amines is 1. The summed E-state index contributed by atoms with van der Waals surface area (Å²) >= 11 is 1.28. The second-order valence-corrected chi connectivity index (χ2v) is 24.1. The third-order valence-corrected chi connectivity index (χ3v) is 18.1. The minimum atomic E-state index is -3.87. The van der Waals surface area contributed by atoms with Crippen molar-refractivity contribution in [1.29, 1.82) is 0 Å². The molecular weight excluding hydrogens is 1010 g/mol. The van der Waals surface area contributed by atoms with Gasteiger partial charge in [0.15, 0.2) is 15.7 Å². The predicted octanol–water partition coefficient (Wildman–Crippen LogP) is 6.63. The van der Waals surface area contributed by atoms with Crippen molar-refractivity contribution < 1.29 is 36.7 Å². The van der Waals surface area contributed by atoms with Crippen molar-refractivity contribution >= 4 is 73.2 Å². The van der Waals surface area contributed by atoms with Crippen LogP contribution in [0.15, 0.2) is 77.7 Å². The van der Waals surface area contributed by atoms with Crippen LogP contribution in [0.25, 0.3) is 10.9 Å². The van der Waals surface area contributed by atoms with Gasteiger partial charge in [0, 0.05) is 85.8 Å². The zero-order valence-electron chi connectivity index (χ0n) is 43.4. The van der Waals surface area contributed by atoms with Crippen molar-refractivity contribution in [2.24, 2.45) is 11.8 Å². The first kappa shape index (κ1) is 53.4. The summed E-state index contributed by atoms with van der Waals surface area (Å²) in [6.45, 7) is 15.2. The third kappa shape index (κ3) is 11.1. The first-order valence-corrected chi connectivity index (χ1v) is 27.7. The number of aromatic nitrogens is 7. The third-order valence-electron chi connectivity index (χ3n) is 14.7. The van der Waals surface area contributed by atoms with Gasteiger partial charge in [-0.3, -0.25) is 24.3 Å². The molecule has 0 bridgehead atoms. The largest absolute Gasteiger partial charge is 0.492 e. The Bertz CT molecular complexity index is 3270. The molecule has 3 amide bonds. The molecule has 4 N–H and O–H groups in total. The van der Waals surface area contributed by atoms with Gasteiger partial charge in [0.2, 0.25) is 17.6 Å². The second-order valence-electron chi connectivity index (χ2n) is 20.5. The van der Waals surface area contributed by atoms with Crippen LogP contribution in [-0.4, -0.2) is 134 Å². The number of thiazole rings is 1. The molecule has 4 aromatic heterocycles. The van der Waals surface area contributed by atoms with Gasteiger partial charge in [-0.15, -0.1) is 11.3 Å². The molecule has 9 rings (SSSR count). The number of ketones is 1. The fourth-order valence-electron chi connectivity index (χ4n) is 9.74. The van der Waals surface area contributed by atoms with Gasteiger partial charge in [-0.2, -0.15) is 5.10 Å². The summed E-state index contributed by atoms with van der Waals surface area (Å²) in [7, 11) is -2.30. The monoisotopic (exact) mass is 1080 g/mol. The number of hydrogen-bond donors (Lipinski definition) is 4. The number of carbonyl (C=O) groups excluding carboxylic acids is 4. The summed E-state index contributed by atoms with van der Waals surface area (Å²) in [5, 5.41) is 19.0. The molecule has 0 aliphatic carbocycles. The molecule has 7 heterocycles. The van der Waals surface area contributed by atoms with E-state index in [9.17, 15) is 32.0 Å². The number of ether oxygens (including phenoxy) is 1. The lowest BCUT2D eigenvalue weighted by Crippen LogP contribution is -2.55. The number of nitrogens with one attached hydrogen (secondary N) is 4. The number of benzene rings is 2. The zero-order chi connectivity index (χ0) is 54.1. The molecular formula is C53H62FN13O7S2. The summed E-state index contributed by atoms with van der Waals surface area (Å²) in [6, 6.07) is 7.20. The van der Waals surface area contributed by atoms with Gasteiger partial charge in [-0.1, -0.05) is 6.58 Å². The Morgan fingerprint density at radius 1 is 0.921 bits per heavy atom.